The fourth-order valence-corrected chi connectivity index (χ4v) is 5.67. The van der Waals surface area contributed by atoms with E-state index in [0.29, 0.717) is 29.1 Å². The van der Waals surface area contributed by atoms with Crippen LogP contribution in [0.25, 0.3) is 11.1 Å². The molecule has 0 saturated heterocycles. The lowest BCUT2D eigenvalue weighted by molar-refractivity contribution is -0.118. The second kappa shape index (κ2) is 5.77. The van der Waals surface area contributed by atoms with Crippen LogP contribution in [0.15, 0.2) is 54.6 Å². The van der Waals surface area contributed by atoms with Crippen LogP contribution in [0.2, 0.25) is 0 Å². The summed E-state index contributed by atoms with van der Waals surface area (Å²) in [5.74, 6) is 2.15. The standard InChI is InChI=1S/C24H22O2/c1-14(25)15-7-9-17(10-8-15)22-20(16-5-3-2-4-6-16)21-18-11-12-19(13-18)23(21)24(22)26/h2-10,18-19,21,23H,11-13H2,1H3/t18-,19+,21?,23?/m1/s1. The first-order chi connectivity index (χ1) is 12.6. The second-order valence-electron chi connectivity index (χ2n) is 8.04. The number of benzene rings is 2. The summed E-state index contributed by atoms with van der Waals surface area (Å²) >= 11 is 0. The average molecular weight is 342 g/mol. The van der Waals surface area contributed by atoms with E-state index in [9.17, 15) is 9.59 Å². The lowest BCUT2D eigenvalue weighted by Crippen LogP contribution is -2.24. The first kappa shape index (κ1) is 15.7. The SMILES string of the molecule is CC(=O)c1ccc(C2=C(c3ccccc3)C3C(C2=O)[C@H]2CC[C@@H]3C2)cc1. The highest BCUT2D eigenvalue weighted by atomic mass is 16.1. The van der Waals surface area contributed by atoms with Crippen LogP contribution in [0, 0.1) is 23.7 Å². The van der Waals surface area contributed by atoms with E-state index < -0.39 is 0 Å². The van der Waals surface area contributed by atoms with Crippen molar-refractivity contribution in [1.29, 1.82) is 0 Å². The first-order valence-electron chi connectivity index (χ1n) is 9.60. The zero-order chi connectivity index (χ0) is 17.8. The number of carbonyl (C=O) groups excluding carboxylic acids is 2. The molecular formula is C24H22O2. The Hall–Kier alpha value is -2.48. The first-order valence-corrected chi connectivity index (χ1v) is 9.60. The highest BCUT2D eigenvalue weighted by Crippen LogP contribution is 2.62. The van der Waals surface area contributed by atoms with Crippen LogP contribution in [0.3, 0.4) is 0 Å². The van der Waals surface area contributed by atoms with Gasteiger partial charge in [0.05, 0.1) is 0 Å². The third-order valence-electron chi connectivity index (χ3n) is 6.73. The van der Waals surface area contributed by atoms with Crippen LogP contribution in [0.4, 0.5) is 0 Å². The highest BCUT2D eigenvalue weighted by molar-refractivity contribution is 6.33. The Bertz CT molecular complexity index is 920. The monoisotopic (exact) mass is 342 g/mol. The number of hydrogen-bond donors (Lipinski definition) is 0. The number of fused-ring (bicyclic) bond motifs is 5. The van der Waals surface area contributed by atoms with Gasteiger partial charge in [0.2, 0.25) is 0 Å². The minimum atomic E-state index is 0.0569. The molecule has 2 unspecified atom stereocenters. The maximum Gasteiger partial charge on any atom is 0.167 e. The van der Waals surface area contributed by atoms with Crippen molar-refractivity contribution < 1.29 is 9.59 Å². The van der Waals surface area contributed by atoms with Crippen LogP contribution in [-0.4, -0.2) is 11.6 Å². The molecule has 0 spiro atoms. The molecule has 2 aromatic carbocycles. The molecule has 26 heavy (non-hydrogen) atoms. The number of allylic oxidation sites excluding steroid dienone is 2. The molecule has 2 bridgehead atoms. The fraction of sp³-hybridized carbons (Fsp3) is 0.333. The van der Waals surface area contributed by atoms with Gasteiger partial charge >= 0.3 is 0 Å². The van der Waals surface area contributed by atoms with E-state index >= 15 is 0 Å². The molecule has 0 amide bonds. The topological polar surface area (TPSA) is 34.1 Å². The smallest absolute Gasteiger partial charge is 0.167 e. The Morgan fingerprint density at radius 3 is 2.15 bits per heavy atom. The molecule has 2 heteroatoms. The van der Waals surface area contributed by atoms with Gasteiger partial charge in [-0.05, 0) is 60.6 Å². The van der Waals surface area contributed by atoms with Crippen molar-refractivity contribution in [1.82, 2.24) is 0 Å². The molecule has 2 aromatic rings. The summed E-state index contributed by atoms with van der Waals surface area (Å²) in [5, 5.41) is 0. The van der Waals surface area contributed by atoms with Crippen molar-refractivity contribution in [2.75, 3.05) is 0 Å². The Kier molecular flexibility index (Phi) is 3.49. The van der Waals surface area contributed by atoms with Gasteiger partial charge in [-0.25, -0.2) is 0 Å². The van der Waals surface area contributed by atoms with Gasteiger partial charge in [-0.3, -0.25) is 9.59 Å². The summed E-state index contributed by atoms with van der Waals surface area (Å²) < 4.78 is 0. The molecule has 2 fully saturated rings. The Morgan fingerprint density at radius 1 is 0.846 bits per heavy atom. The van der Waals surface area contributed by atoms with Crippen LogP contribution in [0.5, 0.6) is 0 Å². The van der Waals surface area contributed by atoms with E-state index in [2.05, 4.69) is 24.3 Å². The molecular weight excluding hydrogens is 320 g/mol. The van der Waals surface area contributed by atoms with Crippen molar-refractivity contribution in [2.24, 2.45) is 23.7 Å². The lowest BCUT2D eigenvalue weighted by atomic mass is 9.77. The van der Waals surface area contributed by atoms with Gasteiger partial charge in [-0.15, -0.1) is 0 Å². The molecule has 0 aromatic heterocycles. The average Bonchev–Trinajstić information content (AvgIpc) is 3.35. The molecule has 130 valence electrons. The quantitative estimate of drug-likeness (QED) is 0.732. The number of rotatable bonds is 3. The number of hydrogen-bond acceptors (Lipinski definition) is 2. The molecule has 0 radical (unpaired) electrons. The van der Waals surface area contributed by atoms with Crippen LogP contribution < -0.4 is 0 Å². The number of ketones is 2. The van der Waals surface area contributed by atoms with Crippen molar-refractivity contribution in [2.45, 2.75) is 26.2 Å². The highest BCUT2D eigenvalue weighted by Gasteiger charge is 2.57. The predicted molar refractivity (Wildman–Crippen MR) is 103 cm³/mol. The van der Waals surface area contributed by atoms with Gasteiger partial charge in [0.15, 0.2) is 11.6 Å². The van der Waals surface area contributed by atoms with E-state index in [-0.39, 0.29) is 11.7 Å². The van der Waals surface area contributed by atoms with Gasteiger partial charge in [0.1, 0.15) is 0 Å². The zero-order valence-electron chi connectivity index (χ0n) is 14.9. The van der Waals surface area contributed by atoms with Gasteiger partial charge in [0.25, 0.3) is 0 Å². The van der Waals surface area contributed by atoms with Crippen molar-refractivity contribution in [3.05, 3.63) is 71.3 Å². The molecule has 3 aliphatic rings. The minimum absolute atomic E-state index is 0.0569. The van der Waals surface area contributed by atoms with Crippen molar-refractivity contribution in [3.63, 3.8) is 0 Å². The third kappa shape index (κ3) is 2.18. The van der Waals surface area contributed by atoms with Gasteiger partial charge < -0.3 is 0 Å². The molecule has 2 nitrogen and oxygen atoms in total. The summed E-state index contributed by atoms with van der Waals surface area (Å²) in [6.45, 7) is 1.58. The molecule has 0 heterocycles. The van der Waals surface area contributed by atoms with Crippen LogP contribution in [0.1, 0.15) is 47.7 Å². The maximum absolute atomic E-state index is 13.5. The van der Waals surface area contributed by atoms with E-state index in [1.165, 1.54) is 30.4 Å². The Morgan fingerprint density at radius 2 is 1.50 bits per heavy atom. The summed E-state index contributed by atoms with van der Waals surface area (Å²) in [4.78, 5) is 25.1. The van der Waals surface area contributed by atoms with E-state index in [1.54, 1.807) is 6.92 Å². The van der Waals surface area contributed by atoms with Crippen LogP contribution in [-0.2, 0) is 4.79 Å². The molecule has 0 aliphatic heterocycles. The summed E-state index contributed by atoms with van der Waals surface area (Å²) in [6, 6.07) is 18.0. The third-order valence-corrected chi connectivity index (χ3v) is 6.73. The Balaban J connectivity index is 1.69. The van der Waals surface area contributed by atoms with E-state index in [1.807, 2.05) is 30.3 Å². The molecule has 0 N–H and O–H groups in total. The maximum atomic E-state index is 13.5. The summed E-state index contributed by atoms with van der Waals surface area (Å²) in [5.41, 5.74) is 5.00. The van der Waals surface area contributed by atoms with E-state index in [0.717, 1.165) is 11.1 Å². The van der Waals surface area contributed by atoms with Gasteiger partial charge in [0, 0.05) is 17.1 Å². The Labute approximate surface area is 153 Å². The van der Waals surface area contributed by atoms with Crippen LogP contribution >= 0.6 is 0 Å². The lowest BCUT2D eigenvalue weighted by Gasteiger charge is -2.26. The normalized spacial score (nSPS) is 29.3. The second-order valence-corrected chi connectivity index (χ2v) is 8.04. The summed E-state index contributed by atoms with van der Waals surface area (Å²) in [7, 11) is 0. The van der Waals surface area contributed by atoms with Gasteiger partial charge in [-0.1, -0.05) is 54.6 Å². The molecule has 3 aliphatic carbocycles. The van der Waals surface area contributed by atoms with Crippen molar-refractivity contribution >= 4 is 22.7 Å². The van der Waals surface area contributed by atoms with Gasteiger partial charge in [-0.2, -0.15) is 0 Å². The number of Topliss-reactive ketones (excluding diaryl/α,β-unsaturated/α-hetero) is 2. The number of carbonyl (C=O) groups is 2. The molecule has 4 atom stereocenters. The van der Waals surface area contributed by atoms with Crippen molar-refractivity contribution in [3.8, 4) is 0 Å². The molecule has 2 saturated carbocycles. The predicted octanol–water partition coefficient (Wildman–Crippen LogP) is 5.05. The zero-order valence-corrected chi connectivity index (χ0v) is 14.9. The molecule has 5 rings (SSSR count). The van der Waals surface area contributed by atoms with E-state index in [4.69, 9.17) is 0 Å². The minimum Gasteiger partial charge on any atom is -0.295 e. The summed E-state index contributed by atoms with van der Waals surface area (Å²) in [6.07, 6.45) is 3.68. The fourth-order valence-electron chi connectivity index (χ4n) is 5.67. The largest absolute Gasteiger partial charge is 0.295 e.